The average molecular weight is 376 g/mol. The fourth-order valence-electron chi connectivity index (χ4n) is 2.50. The number of aromatic nitrogens is 2. The van der Waals surface area contributed by atoms with E-state index in [0.29, 0.717) is 12.5 Å². The van der Waals surface area contributed by atoms with Gasteiger partial charge in [0.2, 0.25) is 0 Å². The molecule has 1 aromatic heterocycles. The Morgan fingerprint density at radius 2 is 2.04 bits per heavy atom. The van der Waals surface area contributed by atoms with Gasteiger partial charge in [-0.2, -0.15) is 0 Å². The number of aliphatic imine (C=N–C) groups is 1. The maximum atomic E-state index is 12.3. The molecule has 1 amide bonds. The topological polar surface area (TPSA) is 141 Å². The third-order valence-corrected chi connectivity index (χ3v) is 4.08. The SMILES string of the molecule is COc1ccc(C[C@H]2CN=C(NC(=O)c3nc(Cl)c(N)nc3N)N2)cc1. The molecule has 6 N–H and O–H groups in total. The Hall–Kier alpha value is -3.07. The maximum absolute atomic E-state index is 12.3. The maximum Gasteiger partial charge on any atom is 0.280 e. The number of amides is 1. The molecule has 136 valence electrons. The molecule has 0 saturated carbocycles. The number of nitrogens with one attached hydrogen (secondary N) is 2. The zero-order chi connectivity index (χ0) is 18.7. The normalized spacial score (nSPS) is 15.9. The highest BCUT2D eigenvalue weighted by Crippen LogP contribution is 2.17. The number of halogens is 1. The smallest absolute Gasteiger partial charge is 0.280 e. The molecule has 0 spiro atoms. The van der Waals surface area contributed by atoms with Gasteiger partial charge in [0.1, 0.15) is 5.75 Å². The predicted molar refractivity (Wildman–Crippen MR) is 99.3 cm³/mol. The first-order valence-electron chi connectivity index (χ1n) is 7.80. The first-order chi connectivity index (χ1) is 12.5. The molecule has 9 nitrogen and oxygen atoms in total. The number of nitrogens with two attached hydrogens (primary N) is 2. The summed E-state index contributed by atoms with van der Waals surface area (Å²) in [6.45, 7) is 0.533. The number of benzene rings is 1. The van der Waals surface area contributed by atoms with E-state index in [1.54, 1.807) is 7.11 Å². The van der Waals surface area contributed by atoms with Crippen molar-refractivity contribution < 1.29 is 9.53 Å². The van der Waals surface area contributed by atoms with Crippen LogP contribution in [0.25, 0.3) is 0 Å². The number of nitrogens with zero attached hydrogens (tertiary/aromatic N) is 3. The highest BCUT2D eigenvalue weighted by atomic mass is 35.5. The van der Waals surface area contributed by atoms with Crippen LogP contribution in [0.4, 0.5) is 11.6 Å². The van der Waals surface area contributed by atoms with Crippen LogP contribution in [0.1, 0.15) is 16.1 Å². The van der Waals surface area contributed by atoms with Crippen LogP contribution in [0.3, 0.4) is 0 Å². The van der Waals surface area contributed by atoms with Crippen molar-refractivity contribution in [2.45, 2.75) is 12.5 Å². The number of ether oxygens (including phenoxy) is 1. The predicted octanol–water partition coefficient (Wildman–Crippen LogP) is 0.603. The highest BCUT2D eigenvalue weighted by Gasteiger charge is 2.22. The molecule has 3 rings (SSSR count). The molecule has 1 atom stereocenters. The largest absolute Gasteiger partial charge is 0.497 e. The Labute approximate surface area is 154 Å². The summed E-state index contributed by atoms with van der Waals surface area (Å²) in [7, 11) is 1.63. The fourth-order valence-corrected chi connectivity index (χ4v) is 2.63. The van der Waals surface area contributed by atoms with Crippen molar-refractivity contribution in [3.05, 3.63) is 40.7 Å². The second kappa shape index (κ2) is 7.44. The number of carbonyl (C=O) groups excluding carboxylic acids is 1. The first kappa shape index (κ1) is 17.7. The molecule has 0 bridgehead atoms. The Bertz CT molecular complexity index is 854. The van der Waals surface area contributed by atoms with E-state index >= 15 is 0 Å². The molecule has 0 aliphatic carbocycles. The van der Waals surface area contributed by atoms with Crippen LogP contribution < -0.4 is 26.8 Å². The monoisotopic (exact) mass is 375 g/mol. The number of guanidine groups is 1. The number of methoxy groups -OCH3 is 1. The summed E-state index contributed by atoms with van der Waals surface area (Å²) in [4.78, 5) is 24.2. The van der Waals surface area contributed by atoms with E-state index in [-0.39, 0.29) is 28.5 Å². The summed E-state index contributed by atoms with van der Waals surface area (Å²) < 4.78 is 5.14. The van der Waals surface area contributed by atoms with Crippen molar-refractivity contribution in [1.29, 1.82) is 0 Å². The summed E-state index contributed by atoms with van der Waals surface area (Å²) in [5, 5.41) is 5.69. The van der Waals surface area contributed by atoms with Crippen molar-refractivity contribution in [1.82, 2.24) is 20.6 Å². The van der Waals surface area contributed by atoms with Crippen LogP contribution in [-0.2, 0) is 6.42 Å². The second-order valence-electron chi connectivity index (χ2n) is 5.67. The number of rotatable bonds is 4. The minimum Gasteiger partial charge on any atom is -0.497 e. The van der Waals surface area contributed by atoms with Crippen molar-refractivity contribution in [3.63, 3.8) is 0 Å². The van der Waals surface area contributed by atoms with E-state index in [2.05, 4.69) is 25.6 Å². The molecule has 1 aliphatic rings. The van der Waals surface area contributed by atoms with Gasteiger partial charge < -0.3 is 21.5 Å². The third kappa shape index (κ3) is 3.94. The number of carbonyl (C=O) groups is 1. The van der Waals surface area contributed by atoms with E-state index in [1.165, 1.54) is 0 Å². The lowest BCUT2D eigenvalue weighted by molar-refractivity contribution is 0.0972. The van der Waals surface area contributed by atoms with Crippen LogP contribution >= 0.6 is 11.6 Å². The molecule has 2 aromatic rings. The van der Waals surface area contributed by atoms with E-state index in [1.807, 2.05) is 24.3 Å². The minimum absolute atomic E-state index is 0.0309. The summed E-state index contributed by atoms with van der Waals surface area (Å²) in [6, 6.07) is 7.85. The average Bonchev–Trinajstić information content (AvgIpc) is 3.05. The van der Waals surface area contributed by atoms with Gasteiger partial charge in [0.05, 0.1) is 19.7 Å². The molecule has 10 heteroatoms. The second-order valence-corrected chi connectivity index (χ2v) is 6.03. The molecule has 2 heterocycles. The van der Waals surface area contributed by atoms with Gasteiger partial charge in [-0.1, -0.05) is 23.7 Å². The fraction of sp³-hybridized carbons (Fsp3) is 0.250. The zero-order valence-corrected chi connectivity index (χ0v) is 14.7. The molecule has 0 radical (unpaired) electrons. The Balaban J connectivity index is 1.58. The van der Waals surface area contributed by atoms with Crippen LogP contribution in [0, 0.1) is 0 Å². The van der Waals surface area contributed by atoms with Gasteiger partial charge in [-0.05, 0) is 24.1 Å². The summed E-state index contributed by atoms with van der Waals surface area (Å²) in [6.07, 6.45) is 0.752. The minimum atomic E-state index is -0.562. The number of hydrogen-bond acceptors (Lipinski definition) is 8. The molecule has 1 aromatic carbocycles. The van der Waals surface area contributed by atoms with E-state index < -0.39 is 5.91 Å². The Kier molecular flexibility index (Phi) is 5.08. The van der Waals surface area contributed by atoms with Crippen molar-refractivity contribution in [2.75, 3.05) is 25.1 Å². The first-order valence-corrected chi connectivity index (χ1v) is 8.18. The van der Waals surface area contributed by atoms with Crippen LogP contribution in [-0.4, -0.2) is 41.5 Å². The van der Waals surface area contributed by atoms with Gasteiger partial charge in [-0.25, -0.2) is 9.97 Å². The van der Waals surface area contributed by atoms with Crippen molar-refractivity contribution in [3.8, 4) is 5.75 Å². The van der Waals surface area contributed by atoms with Gasteiger partial charge in [-0.3, -0.25) is 15.1 Å². The van der Waals surface area contributed by atoms with Crippen molar-refractivity contribution >= 4 is 35.1 Å². The summed E-state index contributed by atoms with van der Waals surface area (Å²) in [5.41, 5.74) is 12.2. The number of nitrogen functional groups attached to an aromatic ring is 2. The molecular formula is C16H18ClN7O2. The van der Waals surface area contributed by atoms with E-state index in [0.717, 1.165) is 17.7 Å². The van der Waals surface area contributed by atoms with Gasteiger partial charge >= 0.3 is 0 Å². The Morgan fingerprint density at radius 3 is 2.73 bits per heavy atom. The third-order valence-electron chi connectivity index (χ3n) is 3.80. The van der Waals surface area contributed by atoms with Crippen LogP contribution in [0.2, 0.25) is 5.15 Å². The van der Waals surface area contributed by atoms with E-state index in [4.69, 9.17) is 27.8 Å². The van der Waals surface area contributed by atoms with Crippen molar-refractivity contribution in [2.24, 2.45) is 4.99 Å². The molecule has 1 aliphatic heterocycles. The molecule has 26 heavy (non-hydrogen) atoms. The van der Waals surface area contributed by atoms with Crippen LogP contribution in [0.5, 0.6) is 5.75 Å². The quantitative estimate of drug-likeness (QED) is 0.613. The summed E-state index contributed by atoms with van der Waals surface area (Å²) in [5.74, 6) is 0.462. The lowest BCUT2D eigenvalue weighted by atomic mass is 10.1. The molecule has 0 saturated heterocycles. The molecular weight excluding hydrogens is 358 g/mol. The van der Waals surface area contributed by atoms with E-state index in [9.17, 15) is 4.79 Å². The van der Waals surface area contributed by atoms with Gasteiger partial charge in [0.25, 0.3) is 5.91 Å². The summed E-state index contributed by atoms with van der Waals surface area (Å²) >= 11 is 5.79. The lowest BCUT2D eigenvalue weighted by Crippen LogP contribution is -2.43. The van der Waals surface area contributed by atoms with Crippen LogP contribution in [0.15, 0.2) is 29.3 Å². The molecule has 0 unspecified atom stereocenters. The Morgan fingerprint density at radius 1 is 1.31 bits per heavy atom. The standard InChI is InChI=1S/C16H18ClN7O2/c1-26-10-4-2-8(3-5-10)6-9-7-20-16(21-9)24-15(25)11-13(18)23-14(19)12(17)22-11/h2-5,9H,6-7H2,1H3,(H4,18,19,23)(H2,20,21,24,25)/t9-/m0/s1. The lowest BCUT2D eigenvalue weighted by Gasteiger charge is -2.13. The van der Waals surface area contributed by atoms with Gasteiger partial charge in [0.15, 0.2) is 28.4 Å². The highest BCUT2D eigenvalue weighted by molar-refractivity contribution is 6.31. The molecule has 0 fully saturated rings. The zero-order valence-electron chi connectivity index (χ0n) is 14.0. The number of hydrogen-bond donors (Lipinski definition) is 4. The van der Waals surface area contributed by atoms with Gasteiger partial charge in [-0.15, -0.1) is 0 Å². The number of anilines is 2. The van der Waals surface area contributed by atoms with Gasteiger partial charge in [0, 0.05) is 0 Å².